The fourth-order valence-electron chi connectivity index (χ4n) is 1.09. The number of fused-ring (bicyclic) bond motifs is 1. The van der Waals surface area contributed by atoms with Crippen molar-refractivity contribution in [1.29, 1.82) is 0 Å². The zero-order valence-corrected chi connectivity index (χ0v) is 6.93. The van der Waals surface area contributed by atoms with Gasteiger partial charge in [-0.2, -0.15) is 0 Å². The van der Waals surface area contributed by atoms with Gasteiger partial charge in [0.25, 0.3) is 0 Å². The SMILES string of the molecule is Cc1cc2c(s1)C=NCN2O. The Bertz CT molecular complexity index is 305. The molecular weight excluding hydrogens is 160 g/mol. The van der Waals surface area contributed by atoms with Crippen molar-refractivity contribution in [3.8, 4) is 0 Å². The van der Waals surface area contributed by atoms with Crippen molar-refractivity contribution in [2.45, 2.75) is 6.92 Å². The molecule has 2 heterocycles. The van der Waals surface area contributed by atoms with Crippen molar-refractivity contribution in [3.63, 3.8) is 0 Å². The van der Waals surface area contributed by atoms with Gasteiger partial charge in [0.05, 0.1) is 10.6 Å². The summed E-state index contributed by atoms with van der Waals surface area (Å²) in [6.45, 7) is 2.37. The van der Waals surface area contributed by atoms with Gasteiger partial charge in [-0.3, -0.25) is 10.2 Å². The van der Waals surface area contributed by atoms with Crippen molar-refractivity contribution in [2.24, 2.45) is 4.99 Å². The molecule has 4 heteroatoms. The largest absolute Gasteiger partial charge is 0.287 e. The normalized spacial score (nSPS) is 15.3. The number of hydrogen-bond acceptors (Lipinski definition) is 4. The van der Waals surface area contributed by atoms with Gasteiger partial charge in [-0.15, -0.1) is 11.3 Å². The fourth-order valence-corrected chi connectivity index (χ4v) is 2.00. The Hall–Kier alpha value is -0.870. The number of aryl methyl sites for hydroxylation is 1. The number of rotatable bonds is 0. The highest BCUT2D eigenvalue weighted by molar-refractivity contribution is 7.14. The zero-order chi connectivity index (χ0) is 7.84. The summed E-state index contributed by atoms with van der Waals surface area (Å²) in [7, 11) is 0. The Morgan fingerprint density at radius 2 is 2.55 bits per heavy atom. The van der Waals surface area contributed by atoms with E-state index in [1.54, 1.807) is 17.6 Å². The summed E-state index contributed by atoms with van der Waals surface area (Å²) in [6.07, 6.45) is 1.81. The molecule has 58 valence electrons. The molecule has 3 nitrogen and oxygen atoms in total. The molecule has 1 N–H and O–H groups in total. The third-order valence-corrected chi connectivity index (χ3v) is 2.54. The van der Waals surface area contributed by atoms with E-state index in [0.29, 0.717) is 6.67 Å². The maximum Gasteiger partial charge on any atom is 0.135 e. The molecule has 0 saturated carbocycles. The first kappa shape index (κ1) is 6.82. The summed E-state index contributed by atoms with van der Waals surface area (Å²) < 4.78 is 0. The Morgan fingerprint density at radius 3 is 3.27 bits per heavy atom. The summed E-state index contributed by atoms with van der Waals surface area (Å²) in [5.74, 6) is 0. The van der Waals surface area contributed by atoms with Crippen LogP contribution in [0.4, 0.5) is 5.69 Å². The molecule has 0 saturated heterocycles. The monoisotopic (exact) mass is 168 g/mol. The third kappa shape index (κ3) is 1.04. The lowest BCUT2D eigenvalue weighted by Gasteiger charge is -2.16. The minimum Gasteiger partial charge on any atom is -0.287 e. The van der Waals surface area contributed by atoms with Gasteiger partial charge >= 0.3 is 0 Å². The van der Waals surface area contributed by atoms with Gasteiger partial charge < -0.3 is 0 Å². The van der Waals surface area contributed by atoms with E-state index in [1.165, 1.54) is 9.94 Å². The van der Waals surface area contributed by atoms with Crippen LogP contribution in [0, 0.1) is 6.92 Å². The minimum atomic E-state index is 0.350. The number of hydroxylamine groups is 1. The first-order valence-corrected chi connectivity index (χ1v) is 4.16. The summed E-state index contributed by atoms with van der Waals surface area (Å²) in [4.78, 5) is 6.21. The molecule has 1 aliphatic heterocycles. The molecular formula is C7H8N2OS. The lowest BCUT2D eigenvalue weighted by Crippen LogP contribution is -2.21. The van der Waals surface area contributed by atoms with E-state index in [-0.39, 0.29) is 0 Å². The zero-order valence-electron chi connectivity index (χ0n) is 6.11. The average molecular weight is 168 g/mol. The van der Waals surface area contributed by atoms with Crippen LogP contribution >= 0.6 is 11.3 Å². The van der Waals surface area contributed by atoms with E-state index in [2.05, 4.69) is 4.99 Å². The predicted octanol–water partition coefficient (Wildman–Crippen LogP) is 1.64. The van der Waals surface area contributed by atoms with Gasteiger partial charge in [0.15, 0.2) is 0 Å². The van der Waals surface area contributed by atoms with E-state index >= 15 is 0 Å². The van der Waals surface area contributed by atoms with E-state index in [1.807, 2.05) is 13.0 Å². The van der Waals surface area contributed by atoms with Crippen LogP contribution < -0.4 is 5.06 Å². The summed E-state index contributed by atoms with van der Waals surface area (Å²) in [5, 5.41) is 10.5. The molecule has 0 amide bonds. The highest BCUT2D eigenvalue weighted by atomic mass is 32.1. The Morgan fingerprint density at radius 1 is 1.73 bits per heavy atom. The number of anilines is 1. The van der Waals surface area contributed by atoms with E-state index in [0.717, 1.165) is 10.6 Å². The average Bonchev–Trinajstić information content (AvgIpc) is 2.31. The van der Waals surface area contributed by atoms with Crippen LogP contribution in [0.15, 0.2) is 11.1 Å². The summed E-state index contributed by atoms with van der Waals surface area (Å²) in [6, 6.07) is 1.96. The first-order chi connectivity index (χ1) is 5.27. The summed E-state index contributed by atoms with van der Waals surface area (Å²) >= 11 is 1.64. The van der Waals surface area contributed by atoms with E-state index in [9.17, 15) is 5.21 Å². The molecule has 0 atom stereocenters. The molecule has 2 rings (SSSR count). The van der Waals surface area contributed by atoms with Crippen molar-refractivity contribution in [3.05, 3.63) is 15.8 Å². The molecule has 0 aromatic carbocycles. The molecule has 0 unspecified atom stereocenters. The number of thiophene rings is 1. The quantitative estimate of drug-likeness (QED) is 0.639. The van der Waals surface area contributed by atoms with Gasteiger partial charge in [-0.1, -0.05) is 0 Å². The van der Waals surface area contributed by atoms with Gasteiger partial charge in [-0.25, -0.2) is 5.06 Å². The standard InChI is InChI=1S/C7H8N2OS/c1-5-2-6-7(11-5)3-8-4-9(6)10/h2-3,10H,4H2,1H3. The van der Waals surface area contributed by atoms with Crippen LogP contribution in [0.3, 0.4) is 0 Å². The number of hydrogen-bond donors (Lipinski definition) is 1. The van der Waals surface area contributed by atoms with Crippen molar-refractivity contribution in [2.75, 3.05) is 11.7 Å². The summed E-state index contributed by atoms with van der Waals surface area (Å²) in [5.41, 5.74) is 0.877. The number of nitrogens with zero attached hydrogens (tertiary/aromatic N) is 2. The lowest BCUT2D eigenvalue weighted by molar-refractivity contribution is 0.257. The lowest BCUT2D eigenvalue weighted by atomic mass is 10.3. The molecule has 0 bridgehead atoms. The van der Waals surface area contributed by atoms with E-state index in [4.69, 9.17) is 0 Å². The smallest absolute Gasteiger partial charge is 0.135 e. The second-order valence-electron chi connectivity index (χ2n) is 2.46. The van der Waals surface area contributed by atoms with Crippen LogP contribution in [-0.2, 0) is 0 Å². The molecule has 1 aromatic rings. The molecule has 1 aromatic heterocycles. The molecule has 0 spiro atoms. The topological polar surface area (TPSA) is 35.8 Å². The van der Waals surface area contributed by atoms with Crippen LogP contribution in [0.5, 0.6) is 0 Å². The van der Waals surface area contributed by atoms with Gasteiger partial charge in [-0.05, 0) is 13.0 Å². The first-order valence-electron chi connectivity index (χ1n) is 3.34. The molecule has 11 heavy (non-hydrogen) atoms. The van der Waals surface area contributed by atoms with Gasteiger partial charge in [0.2, 0.25) is 0 Å². The maximum absolute atomic E-state index is 9.30. The van der Waals surface area contributed by atoms with Crippen LogP contribution in [0.25, 0.3) is 0 Å². The fraction of sp³-hybridized carbons (Fsp3) is 0.286. The molecule has 0 radical (unpaired) electrons. The highest BCUT2D eigenvalue weighted by Crippen LogP contribution is 2.29. The second kappa shape index (κ2) is 2.32. The van der Waals surface area contributed by atoms with E-state index < -0.39 is 0 Å². The maximum atomic E-state index is 9.30. The third-order valence-electron chi connectivity index (χ3n) is 1.57. The van der Waals surface area contributed by atoms with Gasteiger partial charge in [0, 0.05) is 11.1 Å². The van der Waals surface area contributed by atoms with Crippen LogP contribution in [0.1, 0.15) is 9.75 Å². The van der Waals surface area contributed by atoms with Crippen LogP contribution in [-0.4, -0.2) is 18.1 Å². The van der Waals surface area contributed by atoms with Crippen molar-refractivity contribution < 1.29 is 5.21 Å². The molecule has 1 aliphatic rings. The molecule has 0 fully saturated rings. The van der Waals surface area contributed by atoms with Crippen LogP contribution in [0.2, 0.25) is 0 Å². The predicted molar refractivity (Wildman–Crippen MR) is 45.8 cm³/mol. The Labute approximate surface area is 68.6 Å². The Balaban J connectivity index is 2.53. The molecule has 0 aliphatic carbocycles. The minimum absolute atomic E-state index is 0.350. The van der Waals surface area contributed by atoms with Gasteiger partial charge in [0.1, 0.15) is 6.67 Å². The van der Waals surface area contributed by atoms with Crippen molar-refractivity contribution >= 4 is 23.2 Å². The Kier molecular flexibility index (Phi) is 1.44. The second-order valence-corrected chi connectivity index (χ2v) is 3.75. The van der Waals surface area contributed by atoms with Crippen molar-refractivity contribution in [1.82, 2.24) is 0 Å². The number of aliphatic imine (C=N–C) groups is 1. The highest BCUT2D eigenvalue weighted by Gasteiger charge is 2.13.